The molecule has 5 heteroatoms. The molecule has 1 saturated carbocycles. The Balaban J connectivity index is 1.83. The Kier molecular flexibility index (Phi) is 6.42. The van der Waals surface area contributed by atoms with Crippen molar-refractivity contribution in [2.24, 2.45) is 17.8 Å². The molecule has 1 aromatic carbocycles. The Morgan fingerprint density at radius 2 is 1.96 bits per heavy atom. The van der Waals surface area contributed by atoms with Gasteiger partial charge in [-0.1, -0.05) is 45.4 Å². The van der Waals surface area contributed by atoms with Crippen LogP contribution in [0, 0.1) is 17.8 Å². The maximum Gasteiger partial charge on any atom is 0.414 e. The third kappa shape index (κ3) is 4.40. The highest BCUT2D eigenvalue weighted by atomic mass is 16.6. The van der Waals surface area contributed by atoms with E-state index in [0.717, 1.165) is 18.4 Å². The molecule has 1 aliphatic carbocycles. The third-order valence-electron chi connectivity index (χ3n) is 6.07. The lowest BCUT2D eigenvalue weighted by atomic mass is 9.75. The number of amides is 1. The van der Waals surface area contributed by atoms with Crippen molar-refractivity contribution in [3.63, 3.8) is 0 Å². The summed E-state index contributed by atoms with van der Waals surface area (Å²) in [7, 11) is 1.60. The Morgan fingerprint density at radius 1 is 1.21 bits per heavy atom. The normalized spacial score (nSPS) is 27.8. The molecule has 1 aliphatic heterocycles. The Morgan fingerprint density at radius 3 is 2.68 bits per heavy atom. The van der Waals surface area contributed by atoms with Gasteiger partial charge in [-0.25, -0.2) is 4.79 Å². The number of methoxy groups -OCH3 is 1. The highest BCUT2D eigenvalue weighted by Crippen LogP contribution is 2.38. The third-order valence-corrected chi connectivity index (χ3v) is 6.07. The molecule has 1 aromatic rings. The van der Waals surface area contributed by atoms with Crippen molar-refractivity contribution < 1.29 is 19.1 Å². The van der Waals surface area contributed by atoms with Crippen molar-refractivity contribution in [3.05, 3.63) is 42.1 Å². The number of allylic oxidation sites excluding steroid dienone is 1. The van der Waals surface area contributed by atoms with E-state index < -0.39 is 6.04 Å². The summed E-state index contributed by atoms with van der Waals surface area (Å²) in [5.74, 6) is 2.05. The van der Waals surface area contributed by atoms with Crippen molar-refractivity contribution in [2.75, 3.05) is 7.11 Å². The summed E-state index contributed by atoms with van der Waals surface area (Å²) < 4.78 is 11.5. The Hall–Kier alpha value is -2.30. The first-order chi connectivity index (χ1) is 13.4. The van der Waals surface area contributed by atoms with Crippen LogP contribution in [0.15, 0.2) is 36.5 Å². The molecule has 2 aliphatic rings. The van der Waals surface area contributed by atoms with Gasteiger partial charge in [0.25, 0.3) is 0 Å². The van der Waals surface area contributed by atoms with E-state index in [2.05, 4.69) is 20.8 Å². The van der Waals surface area contributed by atoms with Crippen LogP contribution in [0.4, 0.5) is 4.79 Å². The van der Waals surface area contributed by atoms with Gasteiger partial charge in [0.2, 0.25) is 0 Å². The van der Waals surface area contributed by atoms with E-state index in [1.165, 1.54) is 12.5 Å². The van der Waals surface area contributed by atoms with Crippen LogP contribution in [0.3, 0.4) is 0 Å². The zero-order valence-electron chi connectivity index (χ0n) is 17.3. The van der Waals surface area contributed by atoms with E-state index >= 15 is 0 Å². The number of carbonyl (C=O) groups is 2. The summed E-state index contributed by atoms with van der Waals surface area (Å²) in [6.45, 7) is 6.60. The van der Waals surface area contributed by atoms with Crippen molar-refractivity contribution in [2.45, 2.75) is 58.6 Å². The molecule has 0 saturated heterocycles. The minimum atomic E-state index is -0.417. The molecule has 0 unspecified atom stereocenters. The summed E-state index contributed by atoms with van der Waals surface area (Å²) in [4.78, 5) is 26.8. The monoisotopic (exact) mass is 385 g/mol. The molecule has 0 bridgehead atoms. The molecule has 3 rings (SSSR count). The summed E-state index contributed by atoms with van der Waals surface area (Å²) >= 11 is 0. The van der Waals surface area contributed by atoms with E-state index in [0.29, 0.717) is 23.5 Å². The molecule has 0 N–H and O–H groups in total. The first-order valence-electron chi connectivity index (χ1n) is 10.2. The molecule has 0 spiro atoms. The van der Waals surface area contributed by atoms with Crippen LogP contribution in [0.1, 0.15) is 58.1 Å². The predicted octanol–water partition coefficient (Wildman–Crippen LogP) is 5.12. The Bertz CT molecular complexity index is 742. The van der Waals surface area contributed by atoms with Gasteiger partial charge in [0.1, 0.15) is 11.9 Å². The quantitative estimate of drug-likeness (QED) is 0.722. The molecule has 4 atom stereocenters. The van der Waals surface area contributed by atoms with Crippen LogP contribution >= 0.6 is 0 Å². The largest absolute Gasteiger partial charge is 0.496 e. The van der Waals surface area contributed by atoms with Crippen molar-refractivity contribution in [1.29, 1.82) is 0 Å². The SMILES string of the molecule is COc1ccccc1[C@H]1CC(=O)C=CN1C(=O)O[C@@H]1C[C@H](C)CC[C@H]1C(C)C. The lowest BCUT2D eigenvalue weighted by Gasteiger charge is -2.39. The number of ketones is 1. The summed E-state index contributed by atoms with van der Waals surface area (Å²) in [6.07, 6.45) is 5.92. The summed E-state index contributed by atoms with van der Waals surface area (Å²) in [6, 6.07) is 7.10. The minimum Gasteiger partial charge on any atom is -0.496 e. The number of ether oxygens (including phenoxy) is 2. The molecule has 1 fully saturated rings. The van der Waals surface area contributed by atoms with Crippen molar-refractivity contribution in [3.8, 4) is 5.75 Å². The van der Waals surface area contributed by atoms with Crippen LogP contribution in [0.5, 0.6) is 5.75 Å². The van der Waals surface area contributed by atoms with Crippen molar-refractivity contribution in [1.82, 2.24) is 4.90 Å². The number of para-hydroxylation sites is 1. The second kappa shape index (κ2) is 8.80. The first kappa shape index (κ1) is 20.4. The van der Waals surface area contributed by atoms with E-state index in [4.69, 9.17) is 9.47 Å². The second-order valence-corrected chi connectivity index (χ2v) is 8.40. The average Bonchev–Trinajstić information content (AvgIpc) is 2.67. The maximum atomic E-state index is 13.1. The van der Waals surface area contributed by atoms with Gasteiger partial charge in [-0.15, -0.1) is 0 Å². The second-order valence-electron chi connectivity index (χ2n) is 8.40. The molecule has 1 amide bonds. The van der Waals surface area contributed by atoms with Crippen LogP contribution < -0.4 is 4.74 Å². The minimum absolute atomic E-state index is 0.00805. The lowest BCUT2D eigenvalue weighted by molar-refractivity contribution is -0.116. The number of nitrogens with zero attached hydrogens (tertiary/aromatic N) is 1. The van der Waals surface area contributed by atoms with E-state index in [1.807, 2.05) is 24.3 Å². The molecular weight excluding hydrogens is 354 g/mol. The molecule has 28 heavy (non-hydrogen) atoms. The smallest absolute Gasteiger partial charge is 0.414 e. The number of rotatable bonds is 4. The number of hydrogen-bond donors (Lipinski definition) is 0. The molecule has 152 valence electrons. The molecule has 0 radical (unpaired) electrons. The first-order valence-corrected chi connectivity index (χ1v) is 10.2. The molecular formula is C23H31NO4. The van der Waals surface area contributed by atoms with Crippen molar-refractivity contribution >= 4 is 11.9 Å². The van der Waals surface area contributed by atoms with Gasteiger partial charge in [0.15, 0.2) is 5.78 Å². The fourth-order valence-corrected chi connectivity index (χ4v) is 4.45. The van der Waals surface area contributed by atoms with Gasteiger partial charge in [-0.3, -0.25) is 9.69 Å². The van der Waals surface area contributed by atoms with Gasteiger partial charge in [-0.05, 0) is 42.7 Å². The van der Waals surface area contributed by atoms with Gasteiger partial charge < -0.3 is 9.47 Å². The molecule has 5 nitrogen and oxygen atoms in total. The lowest BCUT2D eigenvalue weighted by Crippen LogP contribution is -2.41. The fraction of sp³-hybridized carbons (Fsp3) is 0.565. The summed E-state index contributed by atoms with van der Waals surface area (Å²) in [5, 5.41) is 0. The molecule has 1 heterocycles. The van der Waals surface area contributed by atoms with Crippen LogP contribution in [-0.4, -0.2) is 30.0 Å². The van der Waals surface area contributed by atoms with Gasteiger partial charge in [0.05, 0.1) is 13.2 Å². The van der Waals surface area contributed by atoms with Crippen LogP contribution in [0.25, 0.3) is 0 Å². The van der Waals surface area contributed by atoms with Gasteiger partial charge in [0, 0.05) is 18.2 Å². The van der Waals surface area contributed by atoms with Gasteiger partial charge in [-0.2, -0.15) is 0 Å². The average molecular weight is 386 g/mol. The van der Waals surface area contributed by atoms with E-state index in [1.54, 1.807) is 18.2 Å². The molecule has 0 aromatic heterocycles. The zero-order valence-corrected chi connectivity index (χ0v) is 17.3. The van der Waals surface area contributed by atoms with E-state index in [9.17, 15) is 9.59 Å². The number of carbonyl (C=O) groups excluding carboxylic acids is 2. The highest BCUT2D eigenvalue weighted by Gasteiger charge is 2.37. The summed E-state index contributed by atoms with van der Waals surface area (Å²) in [5.41, 5.74) is 0.817. The highest BCUT2D eigenvalue weighted by molar-refractivity contribution is 5.92. The van der Waals surface area contributed by atoms with Crippen LogP contribution in [0.2, 0.25) is 0 Å². The fourth-order valence-electron chi connectivity index (χ4n) is 4.45. The Labute approximate surface area is 167 Å². The number of benzene rings is 1. The standard InChI is InChI=1S/C23H31NO4/c1-15(2)18-10-9-16(3)13-22(18)28-23(26)24-12-11-17(25)14-20(24)19-7-5-6-8-21(19)27-4/h5-8,11-12,15-16,18,20,22H,9-10,13-14H2,1-4H3/t16-,18+,20-,22-/m1/s1. The van der Waals surface area contributed by atoms with Crippen LogP contribution in [-0.2, 0) is 9.53 Å². The topological polar surface area (TPSA) is 55.8 Å². The predicted molar refractivity (Wildman–Crippen MR) is 108 cm³/mol. The zero-order chi connectivity index (χ0) is 20.3. The number of hydrogen-bond acceptors (Lipinski definition) is 4. The maximum absolute atomic E-state index is 13.1. The van der Waals surface area contributed by atoms with E-state index in [-0.39, 0.29) is 24.4 Å². The van der Waals surface area contributed by atoms with Gasteiger partial charge >= 0.3 is 6.09 Å².